The van der Waals surface area contributed by atoms with Crippen LogP contribution in [0.1, 0.15) is 0 Å². The molecule has 1 fully saturated rings. The van der Waals surface area contributed by atoms with Gasteiger partial charge in [-0.05, 0) is 6.72 Å². The van der Waals surface area contributed by atoms with E-state index < -0.39 is 0 Å². The van der Waals surface area contributed by atoms with E-state index in [2.05, 4.69) is 38.1 Å². The molecule has 1 saturated heterocycles. The first kappa shape index (κ1) is 6.44. The van der Waals surface area contributed by atoms with Crippen LogP contribution in [0.15, 0.2) is 4.99 Å². The van der Waals surface area contributed by atoms with Crippen molar-refractivity contribution in [2.75, 3.05) is 6.54 Å². The van der Waals surface area contributed by atoms with Crippen LogP contribution in [0.2, 0.25) is 0 Å². The van der Waals surface area contributed by atoms with Crippen molar-refractivity contribution in [3.8, 4) is 0 Å². The molecule has 0 aromatic rings. The highest BCUT2D eigenvalue weighted by Crippen LogP contribution is 2.21. The van der Waals surface area contributed by atoms with Gasteiger partial charge in [-0.1, -0.05) is 0 Å². The van der Waals surface area contributed by atoms with Crippen LogP contribution < -0.4 is 3.53 Å². The van der Waals surface area contributed by atoms with Crippen LogP contribution in [0.25, 0.3) is 0 Å². The molecule has 4 heteroatoms. The van der Waals surface area contributed by atoms with Crippen LogP contribution in [0, 0.1) is 0 Å². The van der Waals surface area contributed by atoms with E-state index in [4.69, 9.17) is 4.74 Å². The molecule has 1 aliphatic heterocycles. The standard InChI is InChI=1S/C4H7IN2O/c1-6-4-3(8-4)2-7-5/h3-4,7H,1-2H2. The maximum Gasteiger partial charge on any atom is 0.175 e. The van der Waals surface area contributed by atoms with E-state index in [1.807, 2.05) is 0 Å². The van der Waals surface area contributed by atoms with Gasteiger partial charge in [-0.3, -0.25) is 8.52 Å². The molecule has 2 unspecified atom stereocenters. The SMILES string of the molecule is C=NC1OC1CNI. The van der Waals surface area contributed by atoms with Gasteiger partial charge in [0.25, 0.3) is 0 Å². The predicted octanol–water partition coefficient (Wildman–Crippen LogP) is 0.352. The molecular weight excluding hydrogens is 219 g/mol. The fraction of sp³-hybridized carbons (Fsp3) is 0.750. The van der Waals surface area contributed by atoms with E-state index >= 15 is 0 Å². The van der Waals surface area contributed by atoms with Crippen molar-refractivity contribution in [2.45, 2.75) is 12.3 Å². The van der Waals surface area contributed by atoms with Crippen molar-refractivity contribution in [1.82, 2.24) is 3.53 Å². The van der Waals surface area contributed by atoms with Gasteiger partial charge in [0.1, 0.15) is 6.10 Å². The molecule has 0 aliphatic carbocycles. The lowest BCUT2D eigenvalue weighted by atomic mass is 10.4. The Morgan fingerprint density at radius 1 is 1.88 bits per heavy atom. The first-order chi connectivity index (χ1) is 3.88. The Labute approximate surface area is 62.0 Å². The van der Waals surface area contributed by atoms with Crippen molar-refractivity contribution < 1.29 is 4.74 Å². The maximum absolute atomic E-state index is 5.01. The summed E-state index contributed by atoms with van der Waals surface area (Å²) in [5, 5.41) is 0. The molecule has 0 bridgehead atoms. The van der Waals surface area contributed by atoms with Crippen LogP contribution in [0.5, 0.6) is 0 Å². The third-order valence-electron chi connectivity index (χ3n) is 1.01. The zero-order valence-electron chi connectivity index (χ0n) is 4.30. The topological polar surface area (TPSA) is 36.9 Å². The number of rotatable bonds is 3. The van der Waals surface area contributed by atoms with Crippen LogP contribution in [0.3, 0.4) is 0 Å². The van der Waals surface area contributed by atoms with Crippen LogP contribution in [-0.2, 0) is 4.74 Å². The lowest BCUT2D eigenvalue weighted by molar-refractivity contribution is 0.376. The number of hydrogen-bond acceptors (Lipinski definition) is 3. The van der Waals surface area contributed by atoms with E-state index in [0.29, 0.717) is 0 Å². The van der Waals surface area contributed by atoms with Crippen LogP contribution >= 0.6 is 22.9 Å². The van der Waals surface area contributed by atoms with Gasteiger partial charge < -0.3 is 4.74 Å². The van der Waals surface area contributed by atoms with Crippen molar-refractivity contribution in [3.05, 3.63) is 0 Å². The van der Waals surface area contributed by atoms with Crippen molar-refractivity contribution in [2.24, 2.45) is 4.99 Å². The minimum Gasteiger partial charge on any atom is -0.344 e. The Bertz CT molecular complexity index is 98.0. The van der Waals surface area contributed by atoms with E-state index in [0.717, 1.165) is 6.54 Å². The van der Waals surface area contributed by atoms with Crippen molar-refractivity contribution in [3.63, 3.8) is 0 Å². The smallest absolute Gasteiger partial charge is 0.175 e. The summed E-state index contributed by atoms with van der Waals surface area (Å²) in [4.78, 5) is 3.68. The molecular formula is C4H7IN2O. The fourth-order valence-electron chi connectivity index (χ4n) is 0.519. The average molecular weight is 226 g/mol. The molecule has 1 aliphatic rings. The van der Waals surface area contributed by atoms with Crippen molar-refractivity contribution in [1.29, 1.82) is 0 Å². The Balaban J connectivity index is 2.07. The lowest BCUT2D eigenvalue weighted by Gasteiger charge is -1.84. The Kier molecular flexibility index (Phi) is 2.21. The maximum atomic E-state index is 5.01. The van der Waals surface area contributed by atoms with Gasteiger partial charge in [-0.2, -0.15) is 0 Å². The summed E-state index contributed by atoms with van der Waals surface area (Å²) in [7, 11) is 0. The van der Waals surface area contributed by atoms with Gasteiger partial charge in [0, 0.05) is 29.4 Å². The number of epoxide rings is 1. The van der Waals surface area contributed by atoms with E-state index in [-0.39, 0.29) is 12.3 Å². The van der Waals surface area contributed by atoms with Gasteiger partial charge >= 0.3 is 0 Å². The molecule has 3 nitrogen and oxygen atoms in total. The van der Waals surface area contributed by atoms with Gasteiger partial charge in [-0.25, -0.2) is 0 Å². The molecule has 0 radical (unpaired) electrons. The summed E-state index contributed by atoms with van der Waals surface area (Å²) in [6, 6.07) is 0. The molecule has 0 amide bonds. The Morgan fingerprint density at radius 2 is 2.62 bits per heavy atom. The highest BCUT2D eigenvalue weighted by Gasteiger charge is 2.36. The molecule has 2 atom stereocenters. The summed E-state index contributed by atoms with van der Waals surface area (Å²) in [6.07, 6.45) is 0.349. The molecule has 0 aromatic heterocycles. The van der Waals surface area contributed by atoms with Gasteiger partial charge in [0.05, 0.1) is 0 Å². The molecule has 46 valence electrons. The predicted molar refractivity (Wildman–Crippen MR) is 40.2 cm³/mol. The van der Waals surface area contributed by atoms with Gasteiger partial charge in [0.15, 0.2) is 6.23 Å². The molecule has 8 heavy (non-hydrogen) atoms. The summed E-state index contributed by atoms with van der Waals surface area (Å²) in [6.45, 7) is 4.22. The monoisotopic (exact) mass is 226 g/mol. The molecule has 1 rings (SSSR count). The third-order valence-corrected chi connectivity index (χ3v) is 1.45. The largest absolute Gasteiger partial charge is 0.344 e. The fourth-order valence-corrected chi connectivity index (χ4v) is 0.953. The van der Waals surface area contributed by atoms with E-state index in [9.17, 15) is 0 Å². The second-order valence-corrected chi connectivity index (χ2v) is 2.35. The first-order valence-electron chi connectivity index (χ1n) is 2.33. The second kappa shape index (κ2) is 2.75. The molecule has 1 heterocycles. The van der Waals surface area contributed by atoms with E-state index in [1.165, 1.54) is 0 Å². The Morgan fingerprint density at radius 3 is 3.00 bits per heavy atom. The minimum absolute atomic E-state index is 0.0669. The highest BCUT2D eigenvalue weighted by atomic mass is 127. The van der Waals surface area contributed by atoms with Gasteiger partial charge in [-0.15, -0.1) is 0 Å². The van der Waals surface area contributed by atoms with Crippen LogP contribution in [0.4, 0.5) is 0 Å². The summed E-state index contributed by atoms with van der Waals surface area (Å²) >= 11 is 2.08. The highest BCUT2D eigenvalue weighted by molar-refractivity contribution is 14.1. The van der Waals surface area contributed by atoms with Gasteiger partial charge in [0.2, 0.25) is 0 Å². The first-order valence-corrected chi connectivity index (χ1v) is 3.41. The zero-order chi connectivity index (χ0) is 5.98. The third kappa shape index (κ3) is 1.40. The van der Waals surface area contributed by atoms with E-state index in [1.54, 1.807) is 0 Å². The number of aliphatic imine (C=N–C) groups is 1. The number of nitrogens with zero attached hydrogens (tertiary/aromatic N) is 1. The second-order valence-electron chi connectivity index (χ2n) is 1.59. The average Bonchev–Trinajstić information content (AvgIpc) is 2.48. The lowest BCUT2D eigenvalue weighted by Crippen LogP contribution is -2.08. The molecule has 0 saturated carbocycles. The molecule has 1 N–H and O–H groups in total. The number of halogens is 1. The normalized spacial score (nSPS) is 34.6. The molecule has 0 aromatic carbocycles. The number of ether oxygens (including phenoxy) is 1. The summed E-state index contributed by atoms with van der Waals surface area (Å²) in [5.41, 5.74) is 0. The Hall–Kier alpha value is 0.320. The summed E-state index contributed by atoms with van der Waals surface area (Å²) < 4.78 is 7.96. The minimum atomic E-state index is 0.0669. The molecule has 0 spiro atoms. The quantitative estimate of drug-likeness (QED) is 0.326. The number of nitrogens with one attached hydrogen (secondary N) is 1. The summed E-state index contributed by atoms with van der Waals surface area (Å²) in [5.74, 6) is 0. The van der Waals surface area contributed by atoms with Crippen LogP contribution in [-0.4, -0.2) is 25.6 Å². The number of hydrogen-bond donors (Lipinski definition) is 1. The van der Waals surface area contributed by atoms with Crippen molar-refractivity contribution >= 4 is 29.6 Å². The zero-order valence-corrected chi connectivity index (χ0v) is 6.46.